The summed E-state index contributed by atoms with van der Waals surface area (Å²) >= 11 is 0. The van der Waals surface area contributed by atoms with Gasteiger partial charge in [0.05, 0.1) is 11.4 Å². The minimum atomic E-state index is -0.308. The molecule has 2 N–H and O–H groups in total. The molecule has 2 aromatic carbocycles. The molecule has 0 unspecified atom stereocenters. The second-order valence-electron chi connectivity index (χ2n) is 4.50. The van der Waals surface area contributed by atoms with E-state index in [0.717, 1.165) is 12.0 Å². The van der Waals surface area contributed by atoms with Gasteiger partial charge in [-0.15, -0.1) is 0 Å². The summed E-state index contributed by atoms with van der Waals surface area (Å²) in [4.78, 5) is 1.89. The Morgan fingerprint density at radius 3 is 2.32 bits per heavy atom. The first kappa shape index (κ1) is 13.3. The lowest BCUT2D eigenvalue weighted by molar-refractivity contribution is 0.626. The van der Waals surface area contributed by atoms with Gasteiger partial charge in [0.1, 0.15) is 11.6 Å². The van der Waals surface area contributed by atoms with Gasteiger partial charge in [-0.05, 0) is 42.3 Å². The third kappa shape index (κ3) is 3.44. The molecular formula is C15H16F2N2. The van der Waals surface area contributed by atoms with Crippen LogP contribution in [-0.2, 0) is 6.42 Å². The molecule has 0 atom stereocenters. The van der Waals surface area contributed by atoms with Crippen LogP contribution in [0.5, 0.6) is 0 Å². The van der Waals surface area contributed by atoms with Gasteiger partial charge in [-0.25, -0.2) is 8.78 Å². The van der Waals surface area contributed by atoms with Crippen LogP contribution in [0.4, 0.5) is 20.2 Å². The lowest BCUT2D eigenvalue weighted by atomic mass is 10.1. The van der Waals surface area contributed by atoms with Crippen molar-refractivity contribution < 1.29 is 8.78 Å². The van der Waals surface area contributed by atoms with Crippen LogP contribution in [0.2, 0.25) is 0 Å². The summed E-state index contributed by atoms with van der Waals surface area (Å²) in [6, 6.07) is 10.7. The zero-order valence-electron chi connectivity index (χ0n) is 10.7. The van der Waals surface area contributed by atoms with E-state index in [-0.39, 0.29) is 11.6 Å². The maximum absolute atomic E-state index is 13.2. The standard InChI is InChI=1S/C15H16F2N2/c1-19(15-10-13(17)6-7-14(15)18)9-8-11-2-4-12(16)5-3-11/h2-7,10H,8-9,18H2,1H3. The molecule has 0 aromatic heterocycles. The molecule has 0 amide bonds. The van der Waals surface area contributed by atoms with E-state index in [1.54, 1.807) is 18.2 Å². The lowest BCUT2D eigenvalue weighted by Crippen LogP contribution is -2.21. The van der Waals surface area contributed by atoms with Gasteiger partial charge in [-0.3, -0.25) is 0 Å². The smallest absolute Gasteiger partial charge is 0.125 e. The minimum absolute atomic E-state index is 0.244. The Kier molecular flexibility index (Phi) is 4.00. The Balaban J connectivity index is 2.03. The highest BCUT2D eigenvalue weighted by Crippen LogP contribution is 2.23. The second-order valence-corrected chi connectivity index (χ2v) is 4.50. The van der Waals surface area contributed by atoms with Crippen LogP contribution in [0.25, 0.3) is 0 Å². The molecule has 0 saturated heterocycles. The Morgan fingerprint density at radius 2 is 1.63 bits per heavy atom. The Hall–Kier alpha value is -2.10. The first-order valence-corrected chi connectivity index (χ1v) is 6.07. The van der Waals surface area contributed by atoms with E-state index in [0.29, 0.717) is 17.9 Å². The first-order chi connectivity index (χ1) is 9.06. The zero-order chi connectivity index (χ0) is 13.8. The summed E-state index contributed by atoms with van der Waals surface area (Å²) in [5.74, 6) is -0.552. The largest absolute Gasteiger partial charge is 0.397 e. The predicted molar refractivity (Wildman–Crippen MR) is 74.2 cm³/mol. The Morgan fingerprint density at radius 1 is 1.00 bits per heavy atom. The van der Waals surface area contributed by atoms with Crippen molar-refractivity contribution in [2.45, 2.75) is 6.42 Å². The van der Waals surface area contributed by atoms with Crippen LogP contribution in [0, 0.1) is 11.6 Å². The number of hydrogen-bond acceptors (Lipinski definition) is 2. The number of nitrogens with two attached hydrogens (primary N) is 1. The molecule has 100 valence electrons. The summed E-state index contributed by atoms with van der Waals surface area (Å²) in [6.45, 7) is 0.680. The minimum Gasteiger partial charge on any atom is -0.397 e. The molecule has 0 aliphatic carbocycles. The van der Waals surface area contributed by atoms with E-state index < -0.39 is 0 Å². The van der Waals surface area contributed by atoms with E-state index >= 15 is 0 Å². The van der Waals surface area contributed by atoms with E-state index in [4.69, 9.17) is 5.73 Å². The van der Waals surface area contributed by atoms with Crippen molar-refractivity contribution >= 4 is 11.4 Å². The fourth-order valence-electron chi connectivity index (χ4n) is 1.92. The highest BCUT2D eigenvalue weighted by molar-refractivity contribution is 5.67. The number of hydrogen-bond donors (Lipinski definition) is 1. The number of likely N-dealkylation sites (N-methyl/N-ethyl adjacent to an activating group) is 1. The van der Waals surface area contributed by atoms with Gasteiger partial charge < -0.3 is 10.6 Å². The molecule has 2 aromatic rings. The third-order valence-corrected chi connectivity index (χ3v) is 3.05. The van der Waals surface area contributed by atoms with E-state index in [1.165, 1.54) is 24.3 Å². The molecule has 2 nitrogen and oxygen atoms in total. The molecule has 0 radical (unpaired) electrons. The summed E-state index contributed by atoms with van der Waals surface area (Å²) in [7, 11) is 1.86. The molecule has 0 fully saturated rings. The number of halogens is 2. The van der Waals surface area contributed by atoms with Gasteiger partial charge in [0.15, 0.2) is 0 Å². The van der Waals surface area contributed by atoms with Gasteiger partial charge in [-0.1, -0.05) is 12.1 Å². The summed E-state index contributed by atoms with van der Waals surface area (Å²) in [6.07, 6.45) is 0.743. The van der Waals surface area contributed by atoms with Gasteiger partial charge in [-0.2, -0.15) is 0 Å². The molecule has 0 spiro atoms. The zero-order valence-corrected chi connectivity index (χ0v) is 10.7. The topological polar surface area (TPSA) is 29.3 Å². The number of benzene rings is 2. The maximum atomic E-state index is 13.2. The fraction of sp³-hybridized carbons (Fsp3) is 0.200. The molecule has 0 aliphatic rings. The van der Waals surface area contributed by atoms with Crippen molar-refractivity contribution in [1.29, 1.82) is 0 Å². The van der Waals surface area contributed by atoms with E-state index in [2.05, 4.69) is 0 Å². The molecular weight excluding hydrogens is 246 g/mol. The number of nitrogens with zero attached hydrogens (tertiary/aromatic N) is 1. The van der Waals surface area contributed by atoms with Crippen LogP contribution < -0.4 is 10.6 Å². The summed E-state index contributed by atoms with van der Waals surface area (Å²) < 4.78 is 26.0. The quantitative estimate of drug-likeness (QED) is 0.857. The monoisotopic (exact) mass is 262 g/mol. The number of anilines is 2. The van der Waals surface area contributed by atoms with Crippen molar-refractivity contribution in [1.82, 2.24) is 0 Å². The van der Waals surface area contributed by atoms with Gasteiger partial charge >= 0.3 is 0 Å². The summed E-state index contributed by atoms with van der Waals surface area (Å²) in [5.41, 5.74) is 8.07. The van der Waals surface area contributed by atoms with Gasteiger partial charge in [0, 0.05) is 13.6 Å². The molecule has 19 heavy (non-hydrogen) atoms. The maximum Gasteiger partial charge on any atom is 0.125 e. The average molecular weight is 262 g/mol. The number of rotatable bonds is 4. The van der Waals surface area contributed by atoms with E-state index in [9.17, 15) is 8.78 Å². The van der Waals surface area contributed by atoms with Crippen molar-refractivity contribution in [3.8, 4) is 0 Å². The van der Waals surface area contributed by atoms with Crippen molar-refractivity contribution in [2.24, 2.45) is 0 Å². The first-order valence-electron chi connectivity index (χ1n) is 6.07. The van der Waals surface area contributed by atoms with Crippen LogP contribution in [-0.4, -0.2) is 13.6 Å². The summed E-state index contributed by atoms with van der Waals surface area (Å²) in [5, 5.41) is 0. The number of nitrogen functional groups attached to an aromatic ring is 1. The van der Waals surface area contributed by atoms with Crippen LogP contribution in [0.15, 0.2) is 42.5 Å². The highest BCUT2D eigenvalue weighted by Gasteiger charge is 2.07. The van der Waals surface area contributed by atoms with Gasteiger partial charge in [0.2, 0.25) is 0 Å². The van der Waals surface area contributed by atoms with Crippen molar-refractivity contribution in [3.63, 3.8) is 0 Å². The lowest BCUT2D eigenvalue weighted by Gasteiger charge is -2.21. The fourth-order valence-corrected chi connectivity index (χ4v) is 1.92. The average Bonchev–Trinajstić information content (AvgIpc) is 2.40. The van der Waals surface area contributed by atoms with Crippen LogP contribution >= 0.6 is 0 Å². The third-order valence-electron chi connectivity index (χ3n) is 3.05. The molecule has 0 bridgehead atoms. The van der Waals surface area contributed by atoms with Crippen LogP contribution in [0.1, 0.15) is 5.56 Å². The Bertz CT molecular complexity index is 553. The normalized spacial score (nSPS) is 10.5. The molecule has 0 aliphatic heterocycles. The molecule has 2 rings (SSSR count). The molecule has 0 heterocycles. The van der Waals surface area contributed by atoms with E-state index in [1.807, 2.05) is 11.9 Å². The highest BCUT2D eigenvalue weighted by atomic mass is 19.1. The van der Waals surface area contributed by atoms with Crippen molar-refractivity contribution in [3.05, 3.63) is 59.7 Å². The molecule has 4 heteroatoms. The van der Waals surface area contributed by atoms with Crippen LogP contribution in [0.3, 0.4) is 0 Å². The SMILES string of the molecule is CN(CCc1ccc(F)cc1)c1cc(F)ccc1N. The van der Waals surface area contributed by atoms with Crippen molar-refractivity contribution in [2.75, 3.05) is 24.2 Å². The molecule has 0 saturated carbocycles. The predicted octanol–water partition coefficient (Wildman–Crippen LogP) is 3.23. The Labute approximate surface area is 111 Å². The second kappa shape index (κ2) is 5.69. The van der Waals surface area contributed by atoms with Gasteiger partial charge in [0.25, 0.3) is 0 Å².